The summed E-state index contributed by atoms with van der Waals surface area (Å²) in [7, 11) is 0. The normalized spacial score (nSPS) is 31.1. The molecule has 2 aliphatic rings. The Kier molecular flexibility index (Phi) is 4.40. The molecule has 0 spiro atoms. The van der Waals surface area contributed by atoms with E-state index in [1.807, 2.05) is 0 Å². The van der Waals surface area contributed by atoms with Gasteiger partial charge in [0, 0.05) is 24.9 Å². The molecule has 2 amide bonds. The molecule has 2 saturated heterocycles. The Bertz CT molecular complexity index is 263. The molecule has 2 heterocycles. The Morgan fingerprint density at radius 3 is 1.76 bits per heavy atom. The number of rotatable bonds is 2. The average Bonchev–Trinajstić information content (AvgIpc) is 2.63. The van der Waals surface area contributed by atoms with Crippen LogP contribution in [-0.4, -0.2) is 24.9 Å². The number of hydrogen-bond donors (Lipinski definition) is 2. The lowest BCUT2D eigenvalue weighted by atomic mass is 9.87. The lowest BCUT2D eigenvalue weighted by Crippen LogP contribution is -2.34. The van der Waals surface area contributed by atoms with Crippen LogP contribution in [0.15, 0.2) is 0 Å². The molecule has 0 aromatic rings. The van der Waals surface area contributed by atoms with E-state index in [1.165, 1.54) is 0 Å². The van der Waals surface area contributed by atoms with Crippen LogP contribution >= 0.6 is 0 Å². The van der Waals surface area contributed by atoms with E-state index >= 15 is 0 Å². The molecule has 2 fully saturated rings. The molecule has 2 atom stereocenters. The Morgan fingerprint density at radius 1 is 0.824 bits per heavy atom. The Hall–Kier alpha value is -1.06. The molecular weight excluding hydrogens is 216 g/mol. The molecule has 4 nitrogen and oxygen atoms in total. The standard InChI is InChI=1S/C13H22N2O2/c16-12-10(5-1-3-7-14-12)9-11-6-2-4-8-15-13(11)17/h10-11H,1-9H2,(H,14,16)(H,15,17). The maximum atomic E-state index is 11.8. The van der Waals surface area contributed by atoms with Crippen LogP contribution in [0.4, 0.5) is 0 Å². The minimum Gasteiger partial charge on any atom is -0.356 e. The first-order chi connectivity index (χ1) is 8.27. The van der Waals surface area contributed by atoms with E-state index in [9.17, 15) is 9.59 Å². The first kappa shape index (κ1) is 12.4. The third-order valence-corrected chi connectivity index (χ3v) is 3.87. The molecule has 0 bridgehead atoms. The number of nitrogens with one attached hydrogen (secondary N) is 2. The number of carbonyl (C=O) groups excluding carboxylic acids is 2. The van der Waals surface area contributed by atoms with Crippen molar-refractivity contribution >= 4 is 11.8 Å². The number of amides is 2. The van der Waals surface area contributed by atoms with Gasteiger partial charge in [-0.2, -0.15) is 0 Å². The van der Waals surface area contributed by atoms with Gasteiger partial charge in [-0.3, -0.25) is 9.59 Å². The fraction of sp³-hybridized carbons (Fsp3) is 0.846. The van der Waals surface area contributed by atoms with Crippen LogP contribution in [0.25, 0.3) is 0 Å². The molecule has 2 unspecified atom stereocenters. The van der Waals surface area contributed by atoms with Crippen molar-refractivity contribution in [1.82, 2.24) is 10.6 Å². The maximum absolute atomic E-state index is 11.8. The molecule has 0 aromatic carbocycles. The van der Waals surface area contributed by atoms with Gasteiger partial charge in [-0.25, -0.2) is 0 Å². The molecule has 0 aromatic heterocycles. The summed E-state index contributed by atoms with van der Waals surface area (Å²) in [5.41, 5.74) is 0. The van der Waals surface area contributed by atoms with Crippen molar-refractivity contribution in [3.8, 4) is 0 Å². The second-order valence-corrected chi connectivity index (χ2v) is 5.20. The lowest BCUT2D eigenvalue weighted by molar-refractivity contribution is -0.128. The van der Waals surface area contributed by atoms with E-state index in [4.69, 9.17) is 0 Å². The van der Waals surface area contributed by atoms with Gasteiger partial charge in [0.05, 0.1) is 0 Å². The van der Waals surface area contributed by atoms with Crippen LogP contribution in [0.1, 0.15) is 44.9 Å². The van der Waals surface area contributed by atoms with Crippen molar-refractivity contribution in [2.75, 3.05) is 13.1 Å². The van der Waals surface area contributed by atoms with E-state index in [-0.39, 0.29) is 23.7 Å². The van der Waals surface area contributed by atoms with Gasteiger partial charge in [-0.05, 0) is 32.1 Å². The van der Waals surface area contributed by atoms with E-state index in [1.54, 1.807) is 0 Å². The zero-order chi connectivity index (χ0) is 12.1. The predicted octanol–water partition coefficient (Wildman–Crippen LogP) is 1.21. The fourth-order valence-electron chi connectivity index (χ4n) is 2.80. The highest BCUT2D eigenvalue weighted by molar-refractivity contribution is 5.82. The quantitative estimate of drug-likeness (QED) is 0.759. The van der Waals surface area contributed by atoms with Gasteiger partial charge in [0.15, 0.2) is 0 Å². The minimum atomic E-state index is 0.0475. The van der Waals surface area contributed by atoms with E-state index in [0.29, 0.717) is 0 Å². The monoisotopic (exact) mass is 238 g/mol. The maximum Gasteiger partial charge on any atom is 0.223 e. The van der Waals surface area contributed by atoms with Crippen molar-refractivity contribution in [3.63, 3.8) is 0 Å². The Morgan fingerprint density at radius 2 is 1.29 bits per heavy atom. The van der Waals surface area contributed by atoms with E-state index < -0.39 is 0 Å². The van der Waals surface area contributed by atoms with Crippen molar-refractivity contribution in [3.05, 3.63) is 0 Å². The Balaban J connectivity index is 1.92. The average molecular weight is 238 g/mol. The minimum absolute atomic E-state index is 0.0475. The third-order valence-electron chi connectivity index (χ3n) is 3.87. The fourth-order valence-corrected chi connectivity index (χ4v) is 2.80. The molecule has 17 heavy (non-hydrogen) atoms. The molecule has 0 aliphatic carbocycles. The van der Waals surface area contributed by atoms with Crippen LogP contribution in [0.5, 0.6) is 0 Å². The lowest BCUT2D eigenvalue weighted by Gasteiger charge is -2.19. The zero-order valence-corrected chi connectivity index (χ0v) is 10.3. The van der Waals surface area contributed by atoms with Crippen molar-refractivity contribution < 1.29 is 9.59 Å². The summed E-state index contributed by atoms with van der Waals surface area (Å²) < 4.78 is 0. The van der Waals surface area contributed by atoms with Gasteiger partial charge in [0.1, 0.15) is 0 Å². The van der Waals surface area contributed by atoms with Crippen LogP contribution in [-0.2, 0) is 9.59 Å². The summed E-state index contributed by atoms with van der Waals surface area (Å²) >= 11 is 0. The summed E-state index contributed by atoms with van der Waals surface area (Å²) in [6.07, 6.45) is 6.94. The van der Waals surface area contributed by atoms with Gasteiger partial charge in [0.2, 0.25) is 11.8 Å². The van der Waals surface area contributed by atoms with Gasteiger partial charge >= 0.3 is 0 Å². The molecular formula is C13H22N2O2. The molecule has 4 heteroatoms. The highest BCUT2D eigenvalue weighted by Gasteiger charge is 2.28. The number of hydrogen-bond acceptors (Lipinski definition) is 2. The van der Waals surface area contributed by atoms with Gasteiger partial charge in [0.25, 0.3) is 0 Å². The third kappa shape index (κ3) is 3.45. The van der Waals surface area contributed by atoms with Gasteiger partial charge in [-0.1, -0.05) is 12.8 Å². The second-order valence-electron chi connectivity index (χ2n) is 5.20. The predicted molar refractivity (Wildman–Crippen MR) is 65.3 cm³/mol. The first-order valence-corrected chi connectivity index (χ1v) is 6.83. The summed E-state index contributed by atoms with van der Waals surface area (Å²) in [4.78, 5) is 23.7. The van der Waals surface area contributed by atoms with Gasteiger partial charge in [-0.15, -0.1) is 0 Å². The number of carbonyl (C=O) groups is 2. The smallest absolute Gasteiger partial charge is 0.223 e. The topological polar surface area (TPSA) is 58.2 Å². The van der Waals surface area contributed by atoms with Crippen LogP contribution in [0.3, 0.4) is 0 Å². The molecule has 0 saturated carbocycles. The summed E-state index contributed by atoms with van der Waals surface area (Å²) in [5, 5.41) is 5.89. The van der Waals surface area contributed by atoms with Crippen LogP contribution < -0.4 is 10.6 Å². The van der Waals surface area contributed by atoms with Crippen molar-refractivity contribution in [2.24, 2.45) is 11.8 Å². The van der Waals surface area contributed by atoms with Crippen LogP contribution in [0, 0.1) is 11.8 Å². The largest absolute Gasteiger partial charge is 0.356 e. The van der Waals surface area contributed by atoms with E-state index in [0.717, 1.165) is 58.0 Å². The van der Waals surface area contributed by atoms with Gasteiger partial charge < -0.3 is 10.6 Å². The summed E-state index contributed by atoms with van der Waals surface area (Å²) in [6.45, 7) is 1.60. The van der Waals surface area contributed by atoms with Crippen molar-refractivity contribution in [1.29, 1.82) is 0 Å². The zero-order valence-electron chi connectivity index (χ0n) is 10.3. The highest BCUT2D eigenvalue weighted by atomic mass is 16.2. The second kappa shape index (κ2) is 6.03. The Labute approximate surface area is 103 Å². The molecule has 96 valence electrons. The van der Waals surface area contributed by atoms with E-state index in [2.05, 4.69) is 10.6 Å². The first-order valence-electron chi connectivity index (χ1n) is 6.83. The summed E-state index contributed by atoms with van der Waals surface area (Å²) in [5.74, 6) is 0.400. The summed E-state index contributed by atoms with van der Waals surface area (Å²) in [6, 6.07) is 0. The SMILES string of the molecule is O=C1NCCCCC1CC1CCCCNC1=O. The van der Waals surface area contributed by atoms with Crippen LogP contribution in [0.2, 0.25) is 0 Å². The highest BCUT2D eigenvalue weighted by Crippen LogP contribution is 2.25. The van der Waals surface area contributed by atoms with Crippen molar-refractivity contribution in [2.45, 2.75) is 44.9 Å². The molecule has 2 rings (SSSR count). The molecule has 2 aliphatic heterocycles. The molecule has 0 radical (unpaired) electrons. The molecule has 2 N–H and O–H groups in total.